The number of likely N-dealkylation sites (N-methyl/N-ethyl adjacent to an activating group) is 1. The molecule has 0 aliphatic heterocycles. The smallest absolute Gasteiger partial charge is 0.481 e. The lowest BCUT2D eigenvalue weighted by molar-refractivity contribution is -0.139. The third-order valence-corrected chi connectivity index (χ3v) is 6.76. The van der Waals surface area contributed by atoms with E-state index in [2.05, 4.69) is 20.1 Å². The number of phosphoric ester groups is 1. The molecule has 0 saturated heterocycles. The number of hydrogen-bond donors (Lipinski definition) is 6. The summed E-state index contributed by atoms with van der Waals surface area (Å²) in [6.45, 7) is 1.54. The maximum absolute atomic E-state index is 13.3. The number of rotatable bonds is 14. The fraction of sp³-hybridized carbons (Fsp3) is 0.333. The molecule has 0 fully saturated rings. The fourth-order valence-corrected chi connectivity index (χ4v) is 4.71. The normalized spacial score (nSPS) is 12.8. The molecule has 0 spiro atoms. The number of aromatic nitrogens is 1. The van der Waals surface area contributed by atoms with Crippen molar-refractivity contribution in [3.63, 3.8) is 0 Å². The Morgan fingerprint density at radius 2 is 1.71 bits per heavy atom. The average molecular weight is 589 g/mol. The zero-order valence-electron chi connectivity index (χ0n) is 22.6. The molecule has 2 atom stereocenters. The number of hydrogen-bond acceptors (Lipinski definition) is 6. The Hall–Kier alpha value is -4.19. The summed E-state index contributed by atoms with van der Waals surface area (Å²) in [6, 6.07) is 11.0. The molecule has 0 saturated carbocycles. The standard InChI is InChI=1S/C27H33N4O9P/c1-17(32)29-24(15-18-7-9-20(10-8-18)40-41(37,38)39)26(35)30-23(11-12-25(33)34)27(36)31(2)14-13-19-16-28-22-6-4-3-5-21(19)22/h3-10,16,23-24,28H,11-15H2,1-2H3,(H,29,32)(H,30,35)(H,33,34)(H2,37,38,39)/t23-,24-/m0/s1. The van der Waals surface area contributed by atoms with Crippen molar-refractivity contribution in [1.29, 1.82) is 0 Å². The number of nitrogens with zero attached hydrogens (tertiary/aromatic N) is 1. The summed E-state index contributed by atoms with van der Waals surface area (Å²) in [7, 11) is -3.17. The van der Waals surface area contributed by atoms with Crippen LogP contribution >= 0.6 is 7.82 Å². The lowest BCUT2D eigenvalue weighted by Gasteiger charge is -2.26. The van der Waals surface area contributed by atoms with Gasteiger partial charge in [0.1, 0.15) is 17.8 Å². The second-order valence-corrected chi connectivity index (χ2v) is 10.7. The van der Waals surface area contributed by atoms with Crippen molar-refractivity contribution in [1.82, 2.24) is 20.5 Å². The molecule has 41 heavy (non-hydrogen) atoms. The Bertz CT molecular complexity index is 1430. The predicted octanol–water partition coefficient (Wildman–Crippen LogP) is 1.74. The predicted molar refractivity (Wildman–Crippen MR) is 149 cm³/mol. The van der Waals surface area contributed by atoms with Gasteiger partial charge in [-0.05, 0) is 42.2 Å². The molecule has 13 nitrogen and oxygen atoms in total. The number of carbonyl (C=O) groups is 4. The maximum atomic E-state index is 13.3. The van der Waals surface area contributed by atoms with Gasteiger partial charge in [0.05, 0.1) is 0 Å². The Balaban J connectivity index is 1.70. The highest BCUT2D eigenvalue weighted by Gasteiger charge is 2.29. The van der Waals surface area contributed by atoms with Crippen LogP contribution in [0.5, 0.6) is 5.75 Å². The number of H-pyrrole nitrogens is 1. The molecule has 0 aliphatic carbocycles. The van der Waals surface area contributed by atoms with E-state index in [1.165, 1.54) is 36.1 Å². The van der Waals surface area contributed by atoms with E-state index >= 15 is 0 Å². The lowest BCUT2D eigenvalue weighted by Crippen LogP contribution is -2.54. The van der Waals surface area contributed by atoms with Crippen molar-refractivity contribution in [3.8, 4) is 5.75 Å². The van der Waals surface area contributed by atoms with E-state index in [-0.39, 0.29) is 25.0 Å². The molecule has 3 rings (SSSR count). The van der Waals surface area contributed by atoms with Crippen LogP contribution in [0.4, 0.5) is 0 Å². The lowest BCUT2D eigenvalue weighted by atomic mass is 10.0. The molecule has 0 unspecified atom stereocenters. The maximum Gasteiger partial charge on any atom is 0.524 e. The highest BCUT2D eigenvalue weighted by atomic mass is 31.2. The molecule has 220 valence electrons. The number of phosphoric acid groups is 1. The first-order valence-corrected chi connectivity index (χ1v) is 14.3. The summed E-state index contributed by atoms with van der Waals surface area (Å²) < 4.78 is 15.5. The van der Waals surface area contributed by atoms with Gasteiger partial charge >= 0.3 is 13.8 Å². The first kappa shape index (κ1) is 31.3. The Labute approximate surface area is 236 Å². The summed E-state index contributed by atoms with van der Waals surface area (Å²) in [6.07, 6.45) is 1.87. The van der Waals surface area contributed by atoms with Gasteiger partial charge in [0.25, 0.3) is 0 Å². The average Bonchev–Trinajstić information content (AvgIpc) is 3.31. The Morgan fingerprint density at radius 1 is 1.02 bits per heavy atom. The molecular formula is C27H33N4O9P. The number of fused-ring (bicyclic) bond motifs is 1. The van der Waals surface area contributed by atoms with Crippen LogP contribution in [-0.2, 0) is 36.6 Å². The van der Waals surface area contributed by atoms with Crippen molar-refractivity contribution in [2.75, 3.05) is 13.6 Å². The molecule has 0 aliphatic rings. The van der Waals surface area contributed by atoms with Crippen LogP contribution < -0.4 is 15.2 Å². The minimum Gasteiger partial charge on any atom is -0.481 e. The number of benzene rings is 2. The van der Waals surface area contributed by atoms with Crippen molar-refractivity contribution >= 4 is 42.4 Å². The monoisotopic (exact) mass is 588 g/mol. The summed E-state index contributed by atoms with van der Waals surface area (Å²) in [5.41, 5.74) is 2.51. The fourth-order valence-electron chi connectivity index (χ4n) is 4.31. The number of amides is 3. The Morgan fingerprint density at radius 3 is 2.34 bits per heavy atom. The van der Waals surface area contributed by atoms with Gasteiger partial charge in [0.2, 0.25) is 17.7 Å². The molecule has 6 N–H and O–H groups in total. The summed E-state index contributed by atoms with van der Waals surface area (Å²) in [5.74, 6) is -2.88. The van der Waals surface area contributed by atoms with E-state index in [0.29, 0.717) is 18.5 Å². The number of carboxylic acid groups (broad SMARTS) is 1. The summed E-state index contributed by atoms with van der Waals surface area (Å²) >= 11 is 0. The molecule has 0 radical (unpaired) electrons. The van der Waals surface area contributed by atoms with Crippen LogP contribution in [0, 0.1) is 0 Å². The first-order valence-electron chi connectivity index (χ1n) is 12.8. The van der Waals surface area contributed by atoms with E-state index in [1.807, 2.05) is 30.5 Å². The van der Waals surface area contributed by atoms with E-state index in [1.54, 1.807) is 7.05 Å². The van der Waals surface area contributed by atoms with Crippen LogP contribution in [0.15, 0.2) is 54.7 Å². The molecule has 14 heteroatoms. The minimum absolute atomic E-state index is 0.0160. The van der Waals surface area contributed by atoms with Crippen molar-refractivity contribution in [3.05, 3.63) is 65.9 Å². The molecule has 1 heterocycles. The zero-order valence-corrected chi connectivity index (χ0v) is 23.5. The van der Waals surface area contributed by atoms with Crippen molar-refractivity contribution in [2.24, 2.45) is 0 Å². The summed E-state index contributed by atoms with van der Waals surface area (Å²) in [4.78, 5) is 72.2. The van der Waals surface area contributed by atoms with Gasteiger partial charge in [0, 0.05) is 50.5 Å². The van der Waals surface area contributed by atoms with Crippen LogP contribution in [0.25, 0.3) is 10.9 Å². The highest BCUT2D eigenvalue weighted by Crippen LogP contribution is 2.37. The van der Waals surface area contributed by atoms with Gasteiger partial charge in [-0.2, -0.15) is 0 Å². The molecule has 2 aromatic carbocycles. The topological polar surface area (TPSA) is 198 Å². The van der Waals surface area contributed by atoms with Crippen LogP contribution in [-0.4, -0.2) is 74.1 Å². The largest absolute Gasteiger partial charge is 0.524 e. The van der Waals surface area contributed by atoms with E-state index in [4.69, 9.17) is 9.79 Å². The number of aliphatic carboxylic acids is 1. The third kappa shape index (κ3) is 9.75. The number of aromatic amines is 1. The van der Waals surface area contributed by atoms with Crippen molar-refractivity contribution < 1.29 is 43.2 Å². The van der Waals surface area contributed by atoms with E-state index in [9.17, 15) is 28.8 Å². The molecular weight excluding hydrogens is 555 g/mol. The number of para-hydroxylation sites is 1. The Kier molecular flexibility index (Phi) is 10.6. The van der Waals surface area contributed by atoms with Gasteiger partial charge in [-0.25, -0.2) is 4.57 Å². The second kappa shape index (κ2) is 13.9. The van der Waals surface area contributed by atoms with E-state index in [0.717, 1.165) is 16.5 Å². The van der Waals surface area contributed by atoms with Crippen LogP contribution in [0.2, 0.25) is 0 Å². The minimum atomic E-state index is -4.74. The summed E-state index contributed by atoms with van der Waals surface area (Å²) in [5, 5.41) is 15.4. The zero-order chi connectivity index (χ0) is 30.2. The van der Waals surface area contributed by atoms with Gasteiger partial charge < -0.3 is 30.1 Å². The van der Waals surface area contributed by atoms with Crippen molar-refractivity contribution in [2.45, 2.75) is 44.7 Å². The highest BCUT2D eigenvalue weighted by molar-refractivity contribution is 7.46. The molecule has 0 bridgehead atoms. The third-order valence-electron chi connectivity index (χ3n) is 6.31. The number of nitrogens with one attached hydrogen (secondary N) is 3. The van der Waals surface area contributed by atoms with Crippen LogP contribution in [0.3, 0.4) is 0 Å². The second-order valence-electron chi connectivity index (χ2n) is 9.55. The van der Waals surface area contributed by atoms with Crippen LogP contribution in [0.1, 0.15) is 30.9 Å². The van der Waals surface area contributed by atoms with Gasteiger partial charge in [0.15, 0.2) is 0 Å². The number of carbonyl (C=O) groups excluding carboxylic acids is 3. The van der Waals surface area contributed by atoms with Gasteiger partial charge in [-0.15, -0.1) is 0 Å². The SMILES string of the molecule is CC(=O)N[C@@H](Cc1ccc(OP(=O)(O)O)cc1)C(=O)N[C@@H](CCC(=O)O)C(=O)N(C)CCc1c[nH]c2ccccc12. The molecule has 3 amide bonds. The van der Waals surface area contributed by atoms with Gasteiger partial charge in [-0.1, -0.05) is 30.3 Å². The first-order chi connectivity index (χ1) is 19.3. The van der Waals surface area contributed by atoms with Gasteiger partial charge in [-0.3, -0.25) is 29.0 Å². The quantitative estimate of drug-likeness (QED) is 0.152. The van der Waals surface area contributed by atoms with E-state index < -0.39 is 43.6 Å². The molecule has 3 aromatic rings. The molecule has 1 aromatic heterocycles. The number of carboxylic acids is 1.